The van der Waals surface area contributed by atoms with Crippen molar-refractivity contribution >= 4 is 28.5 Å². The number of hydrogen-bond donors (Lipinski definition) is 0. The molecule has 1 amide bonds. The van der Waals surface area contributed by atoms with Crippen molar-refractivity contribution in [2.75, 3.05) is 32.7 Å². The summed E-state index contributed by atoms with van der Waals surface area (Å²) in [6, 6.07) is 18.9. The number of piperazine rings is 1. The van der Waals surface area contributed by atoms with E-state index in [4.69, 9.17) is 11.6 Å². The van der Waals surface area contributed by atoms with E-state index in [-0.39, 0.29) is 38.6 Å². The Labute approximate surface area is 210 Å². The van der Waals surface area contributed by atoms with E-state index in [9.17, 15) is 18.0 Å². The van der Waals surface area contributed by atoms with Crippen molar-refractivity contribution in [1.29, 1.82) is 0 Å². The van der Waals surface area contributed by atoms with Gasteiger partial charge in [0.15, 0.2) is 5.65 Å². The fourth-order valence-electron chi connectivity index (χ4n) is 4.34. The van der Waals surface area contributed by atoms with Crippen molar-refractivity contribution in [1.82, 2.24) is 29.8 Å². The van der Waals surface area contributed by atoms with E-state index in [1.54, 1.807) is 4.90 Å². The van der Waals surface area contributed by atoms with Crippen LogP contribution in [0.2, 0.25) is 5.02 Å². The molecule has 0 unspecified atom stereocenters. The molecule has 3 heterocycles. The van der Waals surface area contributed by atoms with Gasteiger partial charge in [0.05, 0.1) is 17.0 Å². The lowest BCUT2D eigenvalue weighted by molar-refractivity contribution is -0.151. The normalized spacial score (nSPS) is 14.9. The maximum Gasteiger partial charge on any atom is 0.401 e. The molecular formula is C25H22ClF3N6O. The van der Waals surface area contributed by atoms with Crippen molar-refractivity contribution in [3.63, 3.8) is 0 Å². The predicted molar refractivity (Wildman–Crippen MR) is 130 cm³/mol. The van der Waals surface area contributed by atoms with E-state index in [2.05, 4.69) is 15.3 Å². The van der Waals surface area contributed by atoms with Gasteiger partial charge >= 0.3 is 6.18 Å². The monoisotopic (exact) mass is 514 g/mol. The lowest BCUT2D eigenvalue weighted by atomic mass is 10.1. The summed E-state index contributed by atoms with van der Waals surface area (Å²) >= 11 is 6.85. The molecule has 1 aliphatic heterocycles. The lowest BCUT2D eigenvalue weighted by Gasteiger charge is -2.35. The highest BCUT2D eigenvalue weighted by atomic mass is 35.5. The Morgan fingerprint density at radius 1 is 0.861 bits per heavy atom. The summed E-state index contributed by atoms with van der Waals surface area (Å²) in [5.74, 6) is -0.254. The third-order valence-corrected chi connectivity index (χ3v) is 6.47. The van der Waals surface area contributed by atoms with Crippen LogP contribution < -0.4 is 0 Å². The summed E-state index contributed by atoms with van der Waals surface area (Å²) in [6.07, 6.45) is -4.26. The fourth-order valence-corrected chi connectivity index (χ4v) is 4.66. The molecule has 2 aromatic carbocycles. The second-order valence-corrected chi connectivity index (χ2v) is 8.95. The number of hydrogen-bond acceptors (Lipinski definition) is 5. The van der Waals surface area contributed by atoms with E-state index in [0.29, 0.717) is 27.4 Å². The molecule has 0 saturated carbocycles. The van der Waals surface area contributed by atoms with Gasteiger partial charge in [0.1, 0.15) is 17.9 Å². The molecule has 186 valence electrons. The minimum absolute atomic E-state index is 0.127. The molecule has 2 aromatic heterocycles. The van der Waals surface area contributed by atoms with Gasteiger partial charge in [-0.15, -0.1) is 10.2 Å². The molecule has 1 aliphatic rings. The van der Waals surface area contributed by atoms with Gasteiger partial charge in [-0.2, -0.15) is 18.3 Å². The van der Waals surface area contributed by atoms with E-state index in [1.807, 2.05) is 60.7 Å². The van der Waals surface area contributed by atoms with E-state index >= 15 is 0 Å². The van der Waals surface area contributed by atoms with Crippen molar-refractivity contribution in [3.8, 4) is 22.5 Å². The molecule has 11 heteroatoms. The molecule has 0 aliphatic carbocycles. The summed E-state index contributed by atoms with van der Waals surface area (Å²) in [6.45, 7) is -0.358. The standard InChI is InChI=1S/C25H22ClF3N6O/c26-21-20-22(17-7-3-1-4-8-17)32-35(24(20)31-30-23(21)18-9-5-2-6-10-18)15-19(36)34-13-11-33(12-14-34)16-25(27,28)29/h1-10H,11-16H2. The number of nitrogens with zero attached hydrogens (tertiary/aromatic N) is 6. The summed E-state index contributed by atoms with van der Waals surface area (Å²) in [7, 11) is 0. The average molecular weight is 515 g/mol. The van der Waals surface area contributed by atoms with E-state index in [1.165, 1.54) is 9.58 Å². The molecule has 0 N–H and O–H groups in total. The fraction of sp³-hybridized carbons (Fsp3) is 0.280. The Balaban J connectivity index is 1.46. The highest BCUT2D eigenvalue weighted by Gasteiger charge is 2.33. The van der Waals surface area contributed by atoms with E-state index in [0.717, 1.165) is 11.1 Å². The Bertz CT molecular complexity index is 1370. The lowest BCUT2D eigenvalue weighted by Crippen LogP contribution is -2.51. The van der Waals surface area contributed by atoms with Gasteiger partial charge in [0, 0.05) is 37.3 Å². The van der Waals surface area contributed by atoms with Crippen molar-refractivity contribution in [2.24, 2.45) is 0 Å². The number of amides is 1. The number of benzene rings is 2. The highest BCUT2D eigenvalue weighted by Crippen LogP contribution is 2.37. The van der Waals surface area contributed by atoms with E-state index < -0.39 is 12.7 Å². The third kappa shape index (κ3) is 5.05. The van der Waals surface area contributed by atoms with Gasteiger partial charge in [0.2, 0.25) is 5.91 Å². The Morgan fingerprint density at radius 2 is 1.44 bits per heavy atom. The Kier molecular flexibility index (Phi) is 6.63. The molecule has 0 radical (unpaired) electrons. The maximum absolute atomic E-state index is 13.1. The topological polar surface area (TPSA) is 67.2 Å². The number of fused-ring (bicyclic) bond motifs is 1. The molecule has 1 saturated heterocycles. The Hall–Kier alpha value is -3.50. The first-order chi connectivity index (χ1) is 17.3. The second-order valence-electron chi connectivity index (χ2n) is 8.57. The van der Waals surface area contributed by atoms with Crippen molar-refractivity contribution < 1.29 is 18.0 Å². The first-order valence-corrected chi connectivity index (χ1v) is 11.8. The SMILES string of the molecule is O=C(Cn1nc(-c2ccccc2)c2c(Cl)c(-c3ccccc3)nnc21)N1CCN(CC(F)(F)F)CC1. The number of carbonyl (C=O) groups is 1. The van der Waals surface area contributed by atoms with Crippen molar-refractivity contribution in [3.05, 3.63) is 65.7 Å². The summed E-state index contributed by atoms with van der Waals surface area (Å²) in [5, 5.41) is 14.3. The van der Waals surface area contributed by atoms with Crippen LogP contribution in [0.25, 0.3) is 33.5 Å². The molecule has 36 heavy (non-hydrogen) atoms. The van der Waals surface area contributed by atoms with Gasteiger partial charge in [-0.1, -0.05) is 72.3 Å². The van der Waals surface area contributed by atoms with Crippen molar-refractivity contribution in [2.45, 2.75) is 12.7 Å². The van der Waals surface area contributed by atoms with Gasteiger partial charge in [-0.25, -0.2) is 4.68 Å². The molecule has 0 atom stereocenters. The molecule has 4 aromatic rings. The van der Waals surface area contributed by atoms with Gasteiger partial charge in [-0.05, 0) is 0 Å². The first-order valence-electron chi connectivity index (χ1n) is 11.4. The van der Waals surface area contributed by atoms with Crippen LogP contribution in [0.4, 0.5) is 13.2 Å². The average Bonchev–Trinajstić information content (AvgIpc) is 3.24. The molecule has 7 nitrogen and oxygen atoms in total. The van der Waals surface area contributed by atoms with Crippen LogP contribution in [0, 0.1) is 0 Å². The molecular weight excluding hydrogens is 493 g/mol. The number of alkyl halides is 3. The van der Waals surface area contributed by atoms with Gasteiger partial charge in [-0.3, -0.25) is 9.69 Å². The number of halogens is 4. The smallest absolute Gasteiger partial charge is 0.339 e. The summed E-state index contributed by atoms with van der Waals surface area (Å²) in [4.78, 5) is 15.9. The minimum atomic E-state index is -4.26. The van der Waals surface area contributed by atoms with Crippen LogP contribution in [0.15, 0.2) is 60.7 Å². The quantitative estimate of drug-likeness (QED) is 0.392. The maximum atomic E-state index is 13.1. The van der Waals surface area contributed by atoms with Crippen LogP contribution in [0.1, 0.15) is 0 Å². The molecule has 0 spiro atoms. The third-order valence-electron chi connectivity index (χ3n) is 6.11. The number of aromatic nitrogens is 4. The van der Waals surface area contributed by atoms with Crippen LogP contribution in [0.3, 0.4) is 0 Å². The number of rotatable bonds is 5. The Morgan fingerprint density at radius 3 is 2.03 bits per heavy atom. The zero-order valence-corrected chi connectivity index (χ0v) is 19.9. The number of carbonyl (C=O) groups excluding carboxylic acids is 1. The second kappa shape index (κ2) is 9.87. The predicted octanol–water partition coefficient (Wildman–Crippen LogP) is 4.52. The molecule has 1 fully saturated rings. The summed E-state index contributed by atoms with van der Waals surface area (Å²) < 4.78 is 39.5. The molecule has 5 rings (SSSR count). The van der Waals surface area contributed by atoms with Crippen LogP contribution in [-0.2, 0) is 11.3 Å². The summed E-state index contributed by atoms with van der Waals surface area (Å²) in [5.41, 5.74) is 3.06. The minimum Gasteiger partial charge on any atom is -0.339 e. The van der Waals surface area contributed by atoms with Crippen LogP contribution in [-0.4, -0.2) is 74.6 Å². The van der Waals surface area contributed by atoms with Gasteiger partial charge in [0.25, 0.3) is 0 Å². The zero-order chi connectivity index (χ0) is 25.3. The zero-order valence-electron chi connectivity index (χ0n) is 19.1. The highest BCUT2D eigenvalue weighted by molar-refractivity contribution is 6.38. The van der Waals surface area contributed by atoms with Crippen LogP contribution >= 0.6 is 11.6 Å². The molecule has 0 bridgehead atoms. The first kappa shape index (κ1) is 24.2. The van der Waals surface area contributed by atoms with Crippen LogP contribution in [0.5, 0.6) is 0 Å². The largest absolute Gasteiger partial charge is 0.401 e. The van der Waals surface area contributed by atoms with Gasteiger partial charge < -0.3 is 4.90 Å².